The molecule has 4 aromatic rings. The van der Waals surface area contributed by atoms with E-state index in [4.69, 9.17) is 19.4 Å². The molecule has 8 nitrogen and oxygen atoms in total. The van der Waals surface area contributed by atoms with Crippen molar-refractivity contribution in [2.45, 2.75) is 106 Å². The first-order chi connectivity index (χ1) is 25.5. The Morgan fingerprint density at radius 2 is 0.923 bits per heavy atom. The Morgan fingerprint density at radius 3 is 1.33 bits per heavy atom. The molecule has 0 unspecified atom stereocenters. The number of pyridine rings is 2. The van der Waals surface area contributed by atoms with E-state index in [1.54, 1.807) is 0 Å². The van der Waals surface area contributed by atoms with Crippen molar-refractivity contribution in [3.8, 4) is 11.5 Å². The molecule has 0 saturated carbocycles. The Bertz CT molecular complexity index is 1480. The third-order valence-electron chi connectivity index (χ3n) is 10.4. The number of anilines is 2. The van der Waals surface area contributed by atoms with Crippen LogP contribution < -0.4 is 20.1 Å². The molecule has 286 valence electrons. The van der Waals surface area contributed by atoms with E-state index in [1.807, 2.05) is 12.4 Å². The quantitative estimate of drug-likeness (QED) is 0.0592. The molecule has 2 heterocycles. The molecule has 0 bridgehead atoms. The molecule has 0 spiro atoms. The number of benzene rings is 2. The van der Waals surface area contributed by atoms with E-state index in [0.29, 0.717) is 13.2 Å². The number of ether oxygens (including phenoxy) is 2. The van der Waals surface area contributed by atoms with Crippen molar-refractivity contribution < 1.29 is 9.47 Å². The van der Waals surface area contributed by atoms with Gasteiger partial charge < -0.3 is 29.9 Å². The Balaban J connectivity index is 1.23. The van der Waals surface area contributed by atoms with Gasteiger partial charge in [0.05, 0.1) is 35.6 Å². The Labute approximate surface area is 315 Å². The van der Waals surface area contributed by atoms with Crippen LogP contribution in [0.4, 0.5) is 11.4 Å². The highest BCUT2D eigenvalue weighted by Gasteiger charge is 2.11. The lowest BCUT2D eigenvalue weighted by molar-refractivity contribution is 0.267. The largest absolute Gasteiger partial charge is 0.493 e. The zero-order valence-corrected chi connectivity index (χ0v) is 33.4. The summed E-state index contributed by atoms with van der Waals surface area (Å²) in [7, 11) is 0. The number of hydrogen-bond acceptors (Lipinski definition) is 8. The predicted octanol–water partition coefficient (Wildman–Crippen LogP) is 10.3. The van der Waals surface area contributed by atoms with E-state index in [-0.39, 0.29) is 0 Å². The van der Waals surface area contributed by atoms with Gasteiger partial charge in [-0.1, -0.05) is 53.4 Å². The van der Waals surface area contributed by atoms with Crippen LogP contribution in [0.1, 0.15) is 103 Å². The number of unbranched alkanes of at least 4 members (excludes halogenated alkanes) is 7. The van der Waals surface area contributed by atoms with Crippen LogP contribution in [0.3, 0.4) is 0 Å². The van der Waals surface area contributed by atoms with Crippen LogP contribution in [0, 0.1) is 13.8 Å². The van der Waals surface area contributed by atoms with Crippen LogP contribution in [-0.2, 0) is 0 Å². The van der Waals surface area contributed by atoms with Crippen molar-refractivity contribution in [2.24, 2.45) is 0 Å². The lowest BCUT2D eigenvalue weighted by atomic mass is 10.1. The number of nitrogens with zero attached hydrogens (tertiary/aromatic N) is 4. The number of hydrogen-bond donors (Lipinski definition) is 2. The minimum atomic E-state index is 0.641. The maximum Gasteiger partial charge on any atom is 0.122 e. The van der Waals surface area contributed by atoms with Gasteiger partial charge in [0.1, 0.15) is 11.5 Å². The second-order valence-electron chi connectivity index (χ2n) is 14.1. The monoisotopic (exact) mass is 713 g/mol. The second kappa shape index (κ2) is 23.1. The number of fused-ring (bicyclic) bond motifs is 2. The first-order valence-electron chi connectivity index (χ1n) is 20.4. The molecule has 52 heavy (non-hydrogen) atoms. The highest BCUT2D eigenvalue weighted by Crippen LogP contribution is 2.32. The van der Waals surface area contributed by atoms with E-state index in [1.165, 1.54) is 62.7 Å². The maximum atomic E-state index is 6.31. The van der Waals surface area contributed by atoms with Gasteiger partial charge in [-0.3, -0.25) is 9.97 Å². The number of rotatable bonds is 27. The lowest BCUT2D eigenvalue weighted by Crippen LogP contribution is -2.23. The summed E-state index contributed by atoms with van der Waals surface area (Å²) in [6.07, 6.45) is 15.5. The molecule has 2 aromatic heterocycles. The number of aryl methyl sites for hydroxylation is 2. The van der Waals surface area contributed by atoms with Gasteiger partial charge in [0, 0.05) is 48.4 Å². The van der Waals surface area contributed by atoms with Gasteiger partial charge in [0.2, 0.25) is 0 Å². The molecular weight excluding hydrogens is 645 g/mol. The molecule has 0 fully saturated rings. The van der Waals surface area contributed by atoms with Crippen molar-refractivity contribution in [3.63, 3.8) is 0 Å². The maximum absolute atomic E-state index is 6.31. The van der Waals surface area contributed by atoms with Crippen LogP contribution in [0.2, 0.25) is 0 Å². The molecule has 0 amide bonds. The minimum Gasteiger partial charge on any atom is -0.493 e. The van der Waals surface area contributed by atoms with Gasteiger partial charge in [-0.05, 0) is 127 Å². The van der Waals surface area contributed by atoms with Crippen molar-refractivity contribution >= 4 is 33.2 Å². The lowest BCUT2D eigenvalue weighted by Gasteiger charge is -2.17. The number of nitrogens with one attached hydrogen (secondary N) is 2. The molecule has 0 saturated heterocycles. The van der Waals surface area contributed by atoms with Gasteiger partial charge in [-0.2, -0.15) is 0 Å². The van der Waals surface area contributed by atoms with Crippen LogP contribution in [0.5, 0.6) is 11.5 Å². The van der Waals surface area contributed by atoms with E-state index < -0.39 is 0 Å². The third kappa shape index (κ3) is 13.1. The standard InChI is InChI=1S/C44H68N6O2/c1-7-49(8-2)27-17-13-11-15-23-45-41-33-37(31-39-35(5)21-25-47-43(39)41)51-29-19-20-30-52-38-32-40-36(6)22-26-48-44(40)42(34-38)46-24-16-12-14-18-28-50(9-3)10-4/h21-22,25-26,31-34,45-46H,7-20,23-24,27-30H2,1-6H3. The molecule has 0 atom stereocenters. The van der Waals surface area contributed by atoms with Gasteiger partial charge in [0.15, 0.2) is 0 Å². The summed E-state index contributed by atoms with van der Waals surface area (Å²) in [6, 6.07) is 12.7. The summed E-state index contributed by atoms with van der Waals surface area (Å²) in [5.74, 6) is 1.78. The van der Waals surface area contributed by atoms with E-state index >= 15 is 0 Å². The summed E-state index contributed by atoms with van der Waals surface area (Å²) in [5.41, 5.74) is 6.57. The second-order valence-corrected chi connectivity index (χ2v) is 14.1. The molecule has 8 heteroatoms. The molecular formula is C44H68N6O2. The molecule has 0 radical (unpaired) electrons. The van der Waals surface area contributed by atoms with Crippen molar-refractivity contribution in [2.75, 3.05) is 76.2 Å². The van der Waals surface area contributed by atoms with Crippen LogP contribution in [0.15, 0.2) is 48.8 Å². The first-order valence-corrected chi connectivity index (χ1v) is 20.4. The van der Waals surface area contributed by atoms with Gasteiger partial charge in [-0.25, -0.2) is 0 Å². The molecule has 4 rings (SSSR count). The van der Waals surface area contributed by atoms with E-state index in [0.717, 1.165) is 110 Å². The highest BCUT2D eigenvalue weighted by molar-refractivity contribution is 5.94. The van der Waals surface area contributed by atoms with Crippen molar-refractivity contribution in [1.82, 2.24) is 19.8 Å². The fourth-order valence-corrected chi connectivity index (χ4v) is 6.90. The van der Waals surface area contributed by atoms with Gasteiger partial charge >= 0.3 is 0 Å². The summed E-state index contributed by atoms with van der Waals surface area (Å²) < 4.78 is 12.6. The molecule has 0 aliphatic carbocycles. The first kappa shape index (κ1) is 41.1. The summed E-state index contributed by atoms with van der Waals surface area (Å²) in [6.45, 7) is 23.4. The topological polar surface area (TPSA) is 74.8 Å². The van der Waals surface area contributed by atoms with Gasteiger partial charge in [0.25, 0.3) is 0 Å². The zero-order valence-electron chi connectivity index (χ0n) is 33.4. The smallest absolute Gasteiger partial charge is 0.122 e. The molecule has 0 aliphatic rings. The predicted molar refractivity (Wildman–Crippen MR) is 223 cm³/mol. The number of aromatic nitrogens is 2. The molecule has 0 aliphatic heterocycles. The Morgan fingerprint density at radius 1 is 0.519 bits per heavy atom. The average molecular weight is 713 g/mol. The van der Waals surface area contributed by atoms with E-state index in [2.05, 4.69) is 98.4 Å². The third-order valence-corrected chi connectivity index (χ3v) is 10.4. The summed E-state index contributed by atoms with van der Waals surface area (Å²) in [4.78, 5) is 14.5. The summed E-state index contributed by atoms with van der Waals surface area (Å²) >= 11 is 0. The zero-order chi connectivity index (χ0) is 37.0. The fraction of sp³-hybridized carbons (Fsp3) is 0.591. The SMILES string of the molecule is CCN(CC)CCCCCCNc1cc(OCCCCOc2cc(NCCCCCCN(CC)CC)c3nccc(C)c3c2)cc2c(C)ccnc12. The Kier molecular flexibility index (Phi) is 18.3. The van der Waals surface area contributed by atoms with Crippen LogP contribution in [0.25, 0.3) is 21.8 Å². The normalized spacial score (nSPS) is 11.6. The molecule has 2 N–H and O–H groups in total. The fourth-order valence-electron chi connectivity index (χ4n) is 6.90. The van der Waals surface area contributed by atoms with Crippen LogP contribution >= 0.6 is 0 Å². The van der Waals surface area contributed by atoms with E-state index in [9.17, 15) is 0 Å². The van der Waals surface area contributed by atoms with Crippen molar-refractivity contribution in [3.05, 3.63) is 59.9 Å². The van der Waals surface area contributed by atoms with Crippen LogP contribution in [-0.4, -0.2) is 85.3 Å². The Hall–Kier alpha value is -3.62. The van der Waals surface area contributed by atoms with Gasteiger partial charge in [-0.15, -0.1) is 0 Å². The molecule has 2 aromatic carbocycles. The average Bonchev–Trinajstić information content (AvgIpc) is 3.16. The minimum absolute atomic E-state index is 0.641. The van der Waals surface area contributed by atoms with Crippen molar-refractivity contribution in [1.29, 1.82) is 0 Å². The highest BCUT2D eigenvalue weighted by atomic mass is 16.5. The summed E-state index contributed by atoms with van der Waals surface area (Å²) in [5, 5.41) is 9.64.